The van der Waals surface area contributed by atoms with Crippen molar-refractivity contribution in [3.63, 3.8) is 0 Å². The van der Waals surface area contributed by atoms with Gasteiger partial charge in [-0.1, -0.05) is 12.1 Å². The SMILES string of the molecule is Cc1c(CN(C)C)cccc1N1CCO[C@H]([C@@H](O)C(=O)Nc2ccc(C(=N)N)cc2)C1=O. The van der Waals surface area contributed by atoms with Gasteiger partial charge in [0, 0.05) is 30.0 Å². The number of morpholine rings is 1. The molecule has 2 aromatic rings. The van der Waals surface area contributed by atoms with Crippen LogP contribution in [0.4, 0.5) is 11.4 Å². The van der Waals surface area contributed by atoms with Crippen LogP contribution >= 0.6 is 0 Å². The van der Waals surface area contributed by atoms with Crippen LogP contribution < -0.4 is 16.0 Å². The Labute approximate surface area is 187 Å². The van der Waals surface area contributed by atoms with Gasteiger partial charge in [0.1, 0.15) is 5.84 Å². The molecule has 1 aliphatic heterocycles. The van der Waals surface area contributed by atoms with E-state index in [1.54, 1.807) is 29.2 Å². The van der Waals surface area contributed by atoms with Gasteiger partial charge in [-0.2, -0.15) is 0 Å². The van der Waals surface area contributed by atoms with Gasteiger partial charge in [0.25, 0.3) is 11.8 Å². The molecule has 1 heterocycles. The number of aliphatic hydroxyl groups is 1. The minimum atomic E-state index is -1.68. The molecule has 1 fully saturated rings. The number of nitrogens with zero attached hydrogens (tertiary/aromatic N) is 2. The lowest BCUT2D eigenvalue weighted by atomic mass is 10.0. The van der Waals surface area contributed by atoms with Crippen LogP contribution in [0.3, 0.4) is 0 Å². The highest BCUT2D eigenvalue weighted by Gasteiger charge is 2.39. The molecule has 2 aromatic carbocycles. The Hall–Kier alpha value is -3.27. The molecular weight excluding hydrogens is 410 g/mol. The molecule has 3 rings (SSSR count). The van der Waals surface area contributed by atoms with Gasteiger partial charge in [-0.3, -0.25) is 15.0 Å². The van der Waals surface area contributed by atoms with Crippen molar-refractivity contribution in [2.45, 2.75) is 25.7 Å². The summed E-state index contributed by atoms with van der Waals surface area (Å²) in [7, 11) is 3.95. The van der Waals surface area contributed by atoms with E-state index in [2.05, 4.69) is 5.32 Å². The van der Waals surface area contributed by atoms with Crippen LogP contribution in [0.5, 0.6) is 0 Å². The molecule has 0 bridgehead atoms. The summed E-state index contributed by atoms with van der Waals surface area (Å²) in [6, 6.07) is 12.1. The van der Waals surface area contributed by atoms with Gasteiger partial charge in [-0.15, -0.1) is 0 Å². The molecule has 0 aliphatic carbocycles. The Kier molecular flexibility index (Phi) is 7.24. The Morgan fingerprint density at radius 1 is 1.31 bits per heavy atom. The predicted molar refractivity (Wildman–Crippen MR) is 123 cm³/mol. The third kappa shape index (κ3) is 5.13. The Balaban J connectivity index is 1.74. The zero-order valence-corrected chi connectivity index (χ0v) is 18.5. The lowest BCUT2D eigenvalue weighted by Crippen LogP contribution is -2.55. The van der Waals surface area contributed by atoms with Crippen molar-refractivity contribution in [3.05, 3.63) is 59.2 Å². The van der Waals surface area contributed by atoms with Gasteiger partial charge in [-0.25, -0.2) is 0 Å². The minimum Gasteiger partial charge on any atom is -0.384 e. The summed E-state index contributed by atoms with van der Waals surface area (Å²) in [5, 5.41) is 20.6. The number of ether oxygens (including phenoxy) is 1. The fraction of sp³-hybridized carbons (Fsp3) is 0.348. The molecule has 0 unspecified atom stereocenters. The Morgan fingerprint density at radius 3 is 2.62 bits per heavy atom. The van der Waals surface area contributed by atoms with E-state index >= 15 is 0 Å². The van der Waals surface area contributed by atoms with Crippen molar-refractivity contribution in [3.8, 4) is 0 Å². The van der Waals surface area contributed by atoms with Gasteiger partial charge < -0.3 is 30.7 Å². The van der Waals surface area contributed by atoms with Crippen molar-refractivity contribution in [1.82, 2.24) is 4.90 Å². The first-order valence-electron chi connectivity index (χ1n) is 10.3. The average molecular weight is 440 g/mol. The maximum absolute atomic E-state index is 13.1. The number of amidine groups is 1. The van der Waals surface area contributed by atoms with Crippen molar-refractivity contribution < 1.29 is 19.4 Å². The quantitative estimate of drug-likeness (QED) is 0.377. The van der Waals surface area contributed by atoms with E-state index in [0.29, 0.717) is 17.8 Å². The van der Waals surface area contributed by atoms with Crippen LogP contribution in [0, 0.1) is 12.3 Å². The van der Waals surface area contributed by atoms with Gasteiger partial charge in [0.15, 0.2) is 12.2 Å². The number of rotatable bonds is 7. The number of carbonyl (C=O) groups is 2. The standard InChI is InChI=1S/C23H29N5O4/c1-14-16(13-27(2)3)5-4-6-18(14)28-11-12-32-20(23(28)31)19(29)22(30)26-17-9-7-15(8-10-17)21(24)25/h4-10,19-20,29H,11-13H2,1-3H3,(H3,24,25)(H,26,30)/t19-,20-/m1/s1. The summed E-state index contributed by atoms with van der Waals surface area (Å²) in [6.45, 7) is 3.22. The van der Waals surface area contributed by atoms with E-state index in [-0.39, 0.29) is 12.4 Å². The number of benzene rings is 2. The number of anilines is 2. The lowest BCUT2D eigenvalue weighted by molar-refractivity contribution is -0.150. The topological polar surface area (TPSA) is 132 Å². The maximum Gasteiger partial charge on any atom is 0.259 e. The summed E-state index contributed by atoms with van der Waals surface area (Å²) >= 11 is 0. The molecular formula is C23H29N5O4. The molecule has 0 spiro atoms. The van der Waals surface area contributed by atoms with Crippen molar-refractivity contribution in [2.24, 2.45) is 5.73 Å². The maximum atomic E-state index is 13.1. The van der Waals surface area contributed by atoms with Gasteiger partial charge in [0.05, 0.1) is 6.61 Å². The van der Waals surface area contributed by atoms with Crippen LogP contribution in [0.15, 0.2) is 42.5 Å². The summed E-state index contributed by atoms with van der Waals surface area (Å²) in [5.41, 5.74) is 9.16. The van der Waals surface area contributed by atoms with E-state index in [9.17, 15) is 14.7 Å². The number of nitrogen functional groups attached to an aromatic ring is 1. The predicted octanol–water partition coefficient (Wildman–Crippen LogP) is 1.07. The third-order valence-corrected chi connectivity index (χ3v) is 5.34. The van der Waals surface area contributed by atoms with Crippen LogP contribution in [-0.4, -0.2) is 67.1 Å². The highest BCUT2D eigenvalue weighted by Crippen LogP contribution is 2.27. The molecule has 2 amide bonds. The lowest BCUT2D eigenvalue weighted by Gasteiger charge is -2.35. The second-order valence-corrected chi connectivity index (χ2v) is 8.01. The molecule has 1 aliphatic rings. The number of nitrogens with one attached hydrogen (secondary N) is 2. The number of nitrogens with two attached hydrogens (primary N) is 1. The number of carbonyl (C=O) groups excluding carboxylic acids is 2. The summed E-state index contributed by atoms with van der Waals surface area (Å²) in [6.07, 6.45) is -2.99. The monoisotopic (exact) mass is 439 g/mol. The molecule has 0 aromatic heterocycles. The number of aliphatic hydroxyl groups excluding tert-OH is 1. The minimum absolute atomic E-state index is 0.0888. The third-order valence-electron chi connectivity index (χ3n) is 5.34. The first kappa shape index (κ1) is 23.4. The first-order valence-corrected chi connectivity index (χ1v) is 10.3. The normalized spacial score (nSPS) is 17.3. The van der Waals surface area contributed by atoms with E-state index in [4.69, 9.17) is 15.9 Å². The molecule has 0 saturated carbocycles. The fourth-order valence-corrected chi connectivity index (χ4v) is 3.63. The molecule has 0 radical (unpaired) electrons. The Morgan fingerprint density at radius 2 is 2.00 bits per heavy atom. The fourth-order valence-electron chi connectivity index (χ4n) is 3.63. The molecule has 9 nitrogen and oxygen atoms in total. The average Bonchev–Trinajstić information content (AvgIpc) is 2.75. The number of amides is 2. The first-order chi connectivity index (χ1) is 15.2. The molecule has 9 heteroatoms. The highest BCUT2D eigenvalue weighted by molar-refractivity contribution is 6.04. The molecule has 1 saturated heterocycles. The van der Waals surface area contributed by atoms with Crippen molar-refractivity contribution in [2.75, 3.05) is 37.5 Å². The molecule has 32 heavy (non-hydrogen) atoms. The van der Waals surface area contributed by atoms with Gasteiger partial charge in [0.2, 0.25) is 0 Å². The summed E-state index contributed by atoms with van der Waals surface area (Å²) in [5.74, 6) is -1.30. The second-order valence-electron chi connectivity index (χ2n) is 8.01. The largest absolute Gasteiger partial charge is 0.384 e. The zero-order chi connectivity index (χ0) is 23.4. The van der Waals surface area contributed by atoms with Gasteiger partial charge in [-0.05, 0) is 62.5 Å². The Bertz CT molecular complexity index is 1010. The molecule has 2 atom stereocenters. The van der Waals surface area contributed by atoms with Crippen LogP contribution in [0.25, 0.3) is 0 Å². The van der Waals surface area contributed by atoms with Crippen LogP contribution in [-0.2, 0) is 20.9 Å². The van der Waals surface area contributed by atoms with Gasteiger partial charge >= 0.3 is 0 Å². The highest BCUT2D eigenvalue weighted by atomic mass is 16.5. The summed E-state index contributed by atoms with van der Waals surface area (Å²) < 4.78 is 5.49. The summed E-state index contributed by atoms with van der Waals surface area (Å²) in [4.78, 5) is 29.3. The van der Waals surface area contributed by atoms with Crippen LogP contribution in [0.1, 0.15) is 16.7 Å². The zero-order valence-electron chi connectivity index (χ0n) is 18.5. The van der Waals surface area contributed by atoms with Crippen molar-refractivity contribution >= 4 is 29.0 Å². The van der Waals surface area contributed by atoms with E-state index in [0.717, 1.165) is 23.4 Å². The van der Waals surface area contributed by atoms with E-state index in [1.807, 2.05) is 44.1 Å². The van der Waals surface area contributed by atoms with E-state index in [1.165, 1.54) is 0 Å². The second kappa shape index (κ2) is 9.90. The molecule has 170 valence electrons. The van der Waals surface area contributed by atoms with Crippen LogP contribution in [0.2, 0.25) is 0 Å². The number of hydrogen-bond acceptors (Lipinski definition) is 6. The number of hydrogen-bond donors (Lipinski definition) is 4. The smallest absolute Gasteiger partial charge is 0.259 e. The van der Waals surface area contributed by atoms with Crippen molar-refractivity contribution in [1.29, 1.82) is 5.41 Å². The van der Waals surface area contributed by atoms with E-state index < -0.39 is 24.0 Å². The molecule has 5 N–H and O–H groups in total.